The van der Waals surface area contributed by atoms with Crippen LogP contribution in [0.25, 0.3) is 15.4 Å². The zero-order valence-electron chi connectivity index (χ0n) is 12.0. The van der Waals surface area contributed by atoms with Crippen molar-refractivity contribution in [2.45, 2.75) is 6.18 Å². The van der Waals surface area contributed by atoms with Crippen LogP contribution in [0.1, 0.15) is 5.56 Å². The Kier molecular flexibility index (Phi) is 4.02. The third-order valence-electron chi connectivity index (χ3n) is 3.18. The molecule has 1 aromatic carbocycles. The van der Waals surface area contributed by atoms with Crippen molar-refractivity contribution in [3.05, 3.63) is 54.4 Å². The van der Waals surface area contributed by atoms with Gasteiger partial charge in [0.05, 0.1) is 11.3 Å². The number of primary amides is 1. The summed E-state index contributed by atoms with van der Waals surface area (Å²) in [5.41, 5.74) is 5.48. The van der Waals surface area contributed by atoms with Crippen molar-refractivity contribution in [2.75, 3.05) is 5.32 Å². The smallest absolute Gasteiger partial charge is 0.351 e. The number of hydrogen-bond acceptors (Lipinski definition) is 3. The van der Waals surface area contributed by atoms with E-state index < -0.39 is 17.8 Å². The molecule has 0 aliphatic carbocycles. The molecular weight excluding hydrogens is 341 g/mol. The van der Waals surface area contributed by atoms with Gasteiger partial charge in [-0.15, -0.1) is 11.3 Å². The summed E-state index contributed by atoms with van der Waals surface area (Å²) >= 11 is 1.27. The normalized spacial score (nSPS) is 11.5. The largest absolute Gasteiger partial charge is 0.416 e. The van der Waals surface area contributed by atoms with Crippen molar-refractivity contribution in [2.24, 2.45) is 5.73 Å². The van der Waals surface area contributed by atoms with E-state index >= 15 is 0 Å². The first kappa shape index (κ1) is 16.1. The Morgan fingerprint density at radius 1 is 1.25 bits per heavy atom. The molecule has 0 spiro atoms. The number of anilines is 1. The van der Waals surface area contributed by atoms with Gasteiger partial charge in [-0.1, -0.05) is 12.1 Å². The number of hydrogen-bond donors (Lipinski definition) is 2. The topological polar surface area (TPSA) is 72.9 Å². The Labute approximate surface area is 138 Å². The zero-order chi connectivity index (χ0) is 17.3. The van der Waals surface area contributed by atoms with Crippen LogP contribution in [0.4, 0.5) is 23.7 Å². The van der Waals surface area contributed by atoms with Crippen LogP contribution < -0.4 is 11.1 Å². The molecule has 3 aromatic rings. The quantitative estimate of drug-likeness (QED) is 0.744. The van der Waals surface area contributed by atoms with Crippen LogP contribution >= 0.6 is 11.3 Å². The van der Waals surface area contributed by atoms with E-state index in [2.05, 4.69) is 10.4 Å². The third-order valence-corrected chi connectivity index (χ3v) is 4.35. The van der Waals surface area contributed by atoms with Crippen LogP contribution in [0.3, 0.4) is 0 Å². The molecule has 0 saturated carbocycles. The fraction of sp³-hybridized carbons (Fsp3) is 0.0667. The van der Waals surface area contributed by atoms with Gasteiger partial charge in [0.1, 0.15) is 5.00 Å². The summed E-state index contributed by atoms with van der Waals surface area (Å²) in [5.74, 6) is 0. The lowest BCUT2D eigenvalue weighted by atomic mass is 10.1. The van der Waals surface area contributed by atoms with Gasteiger partial charge in [-0.3, -0.25) is 0 Å². The minimum absolute atomic E-state index is 0.436. The maximum atomic E-state index is 12.6. The lowest BCUT2D eigenvalue weighted by molar-refractivity contribution is -0.137. The van der Waals surface area contributed by atoms with E-state index in [1.54, 1.807) is 29.2 Å². The molecule has 0 bridgehead atoms. The van der Waals surface area contributed by atoms with Crippen LogP contribution in [0.15, 0.2) is 48.8 Å². The van der Waals surface area contributed by atoms with Crippen LogP contribution in [0, 0.1) is 0 Å². The Morgan fingerprint density at radius 3 is 2.50 bits per heavy atom. The summed E-state index contributed by atoms with van der Waals surface area (Å²) in [7, 11) is 0. The molecule has 0 radical (unpaired) electrons. The second kappa shape index (κ2) is 6.00. The third kappa shape index (κ3) is 3.25. The molecule has 3 N–H and O–H groups in total. The summed E-state index contributed by atoms with van der Waals surface area (Å²) in [6, 6.07) is 7.43. The van der Waals surface area contributed by atoms with Crippen LogP contribution in [0.5, 0.6) is 0 Å². The van der Waals surface area contributed by atoms with E-state index in [9.17, 15) is 18.0 Å². The summed E-state index contributed by atoms with van der Waals surface area (Å²) in [5, 5.41) is 7.20. The highest BCUT2D eigenvalue weighted by atomic mass is 32.1. The number of aromatic nitrogens is 2. The van der Waals surface area contributed by atoms with E-state index in [0.717, 1.165) is 12.1 Å². The summed E-state index contributed by atoms with van der Waals surface area (Å²) in [4.78, 5) is 11.8. The van der Waals surface area contributed by atoms with Gasteiger partial charge >= 0.3 is 12.2 Å². The minimum Gasteiger partial charge on any atom is -0.351 e. The Bertz CT molecular complexity index is 854. The predicted octanol–water partition coefficient (Wildman–Crippen LogP) is 4.11. The number of benzene rings is 1. The van der Waals surface area contributed by atoms with E-state index in [4.69, 9.17) is 5.73 Å². The zero-order valence-corrected chi connectivity index (χ0v) is 12.9. The molecule has 24 heavy (non-hydrogen) atoms. The van der Waals surface area contributed by atoms with Crippen molar-refractivity contribution >= 4 is 23.1 Å². The van der Waals surface area contributed by atoms with Crippen molar-refractivity contribution in [3.63, 3.8) is 0 Å². The first-order chi connectivity index (χ1) is 11.3. The molecule has 0 atom stereocenters. The fourth-order valence-corrected chi connectivity index (χ4v) is 3.19. The molecule has 0 fully saturated rings. The van der Waals surface area contributed by atoms with Gasteiger partial charge in [-0.25, -0.2) is 9.48 Å². The summed E-state index contributed by atoms with van der Waals surface area (Å²) in [6.07, 6.45) is -1.12. The molecular formula is C15H11F3N4OS. The summed E-state index contributed by atoms with van der Waals surface area (Å²) in [6.45, 7) is 0. The van der Waals surface area contributed by atoms with E-state index in [-0.39, 0.29) is 0 Å². The number of nitrogens with zero attached hydrogens (tertiary/aromatic N) is 2. The van der Waals surface area contributed by atoms with Crippen molar-refractivity contribution in [1.82, 2.24) is 9.78 Å². The standard InChI is InChI=1S/C15H11F3N4OS/c16-15(17,18)10-4-2-9(3-5-10)12-8-11(21-14(19)23)13(24-12)22-7-1-6-20-22/h1-8H,(H3,19,21,23). The molecule has 2 heterocycles. The number of halogens is 3. The second-order valence-corrected chi connectivity index (χ2v) is 5.88. The average Bonchev–Trinajstić information content (AvgIpc) is 3.15. The number of nitrogens with two attached hydrogens (primary N) is 1. The van der Waals surface area contributed by atoms with Gasteiger partial charge in [-0.2, -0.15) is 18.3 Å². The highest BCUT2D eigenvalue weighted by molar-refractivity contribution is 7.18. The lowest BCUT2D eigenvalue weighted by Crippen LogP contribution is -2.19. The molecule has 9 heteroatoms. The van der Waals surface area contributed by atoms with E-state index in [1.165, 1.54) is 23.5 Å². The summed E-state index contributed by atoms with van der Waals surface area (Å²) < 4.78 is 39.5. The number of thiophene rings is 1. The maximum Gasteiger partial charge on any atom is 0.416 e. The van der Waals surface area contributed by atoms with E-state index in [0.29, 0.717) is 21.1 Å². The number of amides is 2. The first-order valence-corrected chi connectivity index (χ1v) is 7.54. The lowest BCUT2D eigenvalue weighted by Gasteiger charge is -2.06. The number of alkyl halides is 3. The van der Waals surface area contributed by atoms with Gasteiger partial charge in [0.25, 0.3) is 0 Å². The highest BCUT2D eigenvalue weighted by Crippen LogP contribution is 2.38. The predicted molar refractivity (Wildman–Crippen MR) is 85.1 cm³/mol. The molecule has 124 valence electrons. The fourth-order valence-electron chi connectivity index (χ4n) is 2.13. The van der Waals surface area contributed by atoms with Crippen LogP contribution in [-0.4, -0.2) is 15.8 Å². The van der Waals surface area contributed by atoms with E-state index in [1.807, 2.05) is 0 Å². The maximum absolute atomic E-state index is 12.6. The van der Waals surface area contributed by atoms with Crippen molar-refractivity contribution in [3.8, 4) is 15.4 Å². The van der Waals surface area contributed by atoms with Crippen molar-refractivity contribution < 1.29 is 18.0 Å². The molecule has 3 rings (SSSR count). The monoisotopic (exact) mass is 352 g/mol. The highest BCUT2D eigenvalue weighted by Gasteiger charge is 2.30. The Morgan fingerprint density at radius 2 is 1.96 bits per heavy atom. The first-order valence-electron chi connectivity index (χ1n) is 6.72. The average molecular weight is 352 g/mol. The van der Waals surface area contributed by atoms with Crippen LogP contribution in [0.2, 0.25) is 0 Å². The minimum atomic E-state index is -4.38. The molecule has 0 aliphatic rings. The van der Waals surface area contributed by atoms with Gasteiger partial charge in [0, 0.05) is 17.3 Å². The number of carbonyl (C=O) groups is 1. The van der Waals surface area contributed by atoms with Crippen molar-refractivity contribution in [1.29, 1.82) is 0 Å². The number of rotatable bonds is 3. The Hall–Kier alpha value is -2.81. The van der Waals surface area contributed by atoms with Gasteiger partial charge in [0.2, 0.25) is 0 Å². The van der Waals surface area contributed by atoms with Gasteiger partial charge < -0.3 is 11.1 Å². The van der Waals surface area contributed by atoms with Gasteiger partial charge in [-0.05, 0) is 29.8 Å². The SMILES string of the molecule is NC(=O)Nc1cc(-c2ccc(C(F)(F)F)cc2)sc1-n1cccn1. The molecule has 0 aliphatic heterocycles. The molecule has 2 amide bonds. The molecule has 2 aromatic heterocycles. The number of nitrogens with one attached hydrogen (secondary N) is 1. The molecule has 5 nitrogen and oxygen atoms in total. The van der Waals surface area contributed by atoms with Gasteiger partial charge in [0.15, 0.2) is 0 Å². The molecule has 0 saturated heterocycles. The molecule has 0 unspecified atom stereocenters. The second-order valence-electron chi connectivity index (χ2n) is 4.84. The van der Waals surface area contributed by atoms with Crippen LogP contribution in [-0.2, 0) is 6.18 Å². The Balaban J connectivity index is 2.01. The number of carbonyl (C=O) groups excluding carboxylic acids is 1. The number of urea groups is 1.